The van der Waals surface area contributed by atoms with E-state index in [-0.39, 0.29) is 11.6 Å². The van der Waals surface area contributed by atoms with Crippen LogP contribution in [0.2, 0.25) is 0 Å². The fourth-order valence-electron chi connectivity index (χ4n) is 3.76. The van der Waals surface area contributed by atoms with Gasteiger partial charge < -0.3 is 0 Å². The summed E-state index contributed by atoms with van der Waals surface area (Å²) in [6.45, 7) is 3.60. The summed E-state index contributed by atoms with van der Waals surface area (Å²) in [5.41, 5.74) is 4.05. The summed E-state index contributed by atoms with van der Waals surface area (Å²) < 4.78 is 0. The molecule has 0 aromatic heterocycles. The van der Waals surface area contributed by atoms with Gasteiger partial charge in [0.15, 0.2) is 11.6 Å². The average Bonchev–Trinajstić information content (AvgIpc) is 2.85. The largest absolute Gasteiger partial charge is 0.293 e. The molecule has 0 heterocycles. The van der Waals surface area contributed by atoms with Crippen molar-refractivity contribution in [1.29, 1.82) is 0 Å². The Morgan fingerprint density at radius 1 is 0.870 bits per heavy atom. The number of carbonyl (C=O) groups is 2. The molecule has 1 atom stereocenters. The molecule has 2 aliphatic carbocycles. The van der Waals surface area contributed by atoms with Gasteiger partial charge in [0, 0.05) is 11.1 Å². The molecule has 0 aliphatic heterocycles. The first-order valence-electron chi connectivity index (χ1n) is 7.72. The van der Waals surface area contributed by atoms with Gasteiger partial charge >= 0.3 is 0 Å². The number of fused-ring (bicyclic) bond motifs is 3. The van der Waals surface area contributed by atoms with Crippen LogP contribution in [0, 0.1) is 0 Å². The van der Waals surface area contributed by atoms with Crippen molar-refractivity contribution in [2.45, 2.75) is 19.3 Å². The monoisotopic (exact) mass is 300 g/mol. The third-order valence-corrected chi connectivity index (χ3v) is 4.97. The van der Waals surface area contributed by atoms with Crippen molar-refractivity contribution in [3.05, 3.63) is 88.5 Å². The van der Waals surface area contributed by atoms with E-state index in [9.17, 15) is 9.59 Å². The van der Waals surface area contributed by atoms with Gasteiger partial charge in [-0.15, -0.1) is 0 Å². The third-order valence-electron chi connectivity index (χ3n) is 4.97. The van der Waals surface area contributed by atoms with Gasteiger partial charge in [-0.1, -0.05) is 54.6 Å². The summed E-state index contributed by atoms with van der Waals surface area (Å²) in [5, 5.41) is 0. The van der Waals surface area contributed by atoms with E-state index in [1.165, 1.54) is 6.08 Å². The molecule has 0 radical (unpaired) electrons. The Kier molecular flexibility index (Phi) is 2.79. The fraction of sp³-hybridized carbons (Fsp3) is 0.143. The van der Waals surface area contributed by atoms with Gasteiger partial charge in [0.25, 0.3) is 0 Å². The summed E-state index contributed by atoms with van der Waals surface area (Å²) in [4.78, 5) is 25.8. The fourth-order valence-corrected chi connectivity index (χ4v) is 3.76. The first kappa shape index (κ1) is 13.9. The molecule has 2 aromatic rings. The van der Waals surface area contributed by atoms with E-state index in [1.54, 1.807) is 6.92 Å². The molecular formula is C21H16O2. The smallest absolute Gasteiger partial charge is 0.186 e. The summed E-state index contributed by atoms with van der Waals surface area (Å²) in [6.07, 6.45) is 1.50. The number of hydrogen-bond acceptors (Lipinski definition) is 2. The van der Waals surface area contributed by atoms with Crippen molar-refractivity contribution in [2.24, 2.45) is 0 Å². The minimum absolute atomic E-state index is 0.0111. The number of hydrogen-bond donors (Lipinski definition) is 0. The first-order valence-corrected chi connectivity index (χ1v) is 7.72. The van der Waals surface area contributed by atoms with Crippen LogP contribution >= 0.6 is 0 Å². The molecule has 0 saturated heterocycles. The maximum absolute atomic E-state index is 12.9. The number of rotatable bonds is 1. The number of allylic oxidation sites excluding steroid dienone is 3. The van der Waals surface area contributed by atoms with Crippen molar-refractivity contribution in [3.63, 3.8) is 0 Å². The van der Waals surface area contributed by atoms with Gasteiger partial charge in [-0.3, -0.25) is 9.59 Å². The number of carbonyl (C=O) groups excluding carboxylic acids is 2. The summed E-state index contributed by atoms with van der Waals surface area (Å²) in [5.74, 6) is -0.0369. The molecule has 2 aromatic carbocycles. The Morgan fingerprint density at radius 2 is 1.52 bits per heavy atom. The molecule has 0 amide bonds. The Hall–Kier alpha value is -2.74. The highest BCUT2D eigenvalue weighted by atomic mass is 16.1. The molecule has 0 saturated carbocycles. The van der Waals surface area contributed by atoms with Crippen molar-refractivity contribution in [2.75, 3.05) is 0 Å². The zero-order chi connectivity index (χ0) is 16.2. The van der Waals surface area contributed by atoms with Gasteiger partial charge in [-0.2, -0.15) is 0 Å². The van der Waals surface area contributed by atoms with Gasteiger partial charge in [-0.05, 0) is 42.2 Å². The molecule has 0 unspecified atom stereocenters. The molecule has 2 nitrogen and oxygen atoms in total. The average molecular weight is 300 g/mol. The zero-order valence-electron chi connectivity index (χ0n) is 13.1. The maximum Gasteiger partial charge on any atom is 0.186 e. The molecule has 2 heteroatoms. The molecule has 0 fully saturated rings. The molecule has 4 rings (SSSR count). The van der Waals surface area contributed by atoms with Crippen molar-refractivity contribution < 1.29 is 9.59 Å². The Morgan fingerprint density at radius 3 is 2.26 bits per heavy atom. The van der Waals surface area contributed by atoms with E-state index in [4.69, 9.17) is 0 Å². The second-order valence-electron chi connectivity index (χ2n) is 6.31. The summed E-state index contributed by atoms with van der Waals surface area (Å²) >= 11 is 0. The van der Waals surface area contributed by atoms with Gasteiger partial charge in [-0.25, -0.2) is 0 Å². The van der Waals surface area contributed by atoms with Crippen LogP contribution in [-0.2, 0) is 15.0 Å². The standard InChI is InChI=1S/C21H16O2/c1-13-12-17(22)21(2)16-11-7-6-10-15(16)18(19(21)20(13)23)14-8-4-3-5-9-14/h3-12H,1-2H3/t21-/m0/s1. The van der Waals surface area contributed by atoms with Crippen LogP contribution in [0.25, 0.3) is 5.57 Å². The maximum atomic E-state index is 12.9. The number of ketones is 2. The molecule has 2 aliphatic rings. The van der Waals surface area contributed by atoms with Crippen LogP contribution in [0.15, 0.2) is 71.8 Å². The van der Waals surface area contributed by atoms with Crippen LogP contribution in [0.4, 0.5) is 0 Å². The quantitative estimate of drug-likeness (QED) is 0.801. The second-order valence-corrected chi connectivity index (χ2v) is 6.31. The van der Waals surface area contributed by atoms with Crippen LogP contribution in [0.1, 0.15) is 30.5 Å². The van der Waals surface area contributed by atoms with E-state index >= 15 is 0 Å². The normalized spacial score (nSPS) is 22.8. The minimum atomic E-state index is -0.877. The highest BCUT2D eigenvalue weighted by Crippen LogP contribution is 2.52. The topological polar surface area (TPSA) is 34.1 Å². The summed E-state index contributed by atoms with van der Waals surface area (Å²) in [6, 6.07) is 17.7. The van der Waals surface area contributed by atoms with Gasteiger partial charge in [0.2, 0.25) is 0 Å². The van der Waals surface area contributed by atoms with Crippen molar-refractivity contribution >= 4 is 17.1 Å². The lowest BCUT2D eigenvalue weighted by Crippen LogP contribution is -2.38. The van der Waals surface area contributed by atoms with Crippen LogP contribution in [0.3, 0.4) is 0 Å². The molecule has 0 N–H and O–H groups in total. The summed E-state index contributed by atoms with van der Waals surface area (Å²) in [7, 11) is 0. The van der Waals surface area contributed by atoms with Gasteiger partial charge in [0.05, 0.1) is 5.41 Å². The molecule has 112 valence electrons. The zero-order valence-corrected chi connectivity index (χ0v) is 13.1. The first-order chi connectivity index (χ1) is 11.0. The van der Waals surface area contributed by atoms with E-state index < -0.39 is 5.41 Å². The van der Waals surface area contributed by atoms with Crippen molar-refractivity contribution in [1.82, 2.24) is 0 Å². The lowest BCUT2D eigenvalue weighted by atomic mass is 9.69. The SMILES string of the molecule is CC1=CC(=O)[C@@]2(C)C(=C(c3ccccc3)c3ccccc32)C1=O. The van der Waals surface area contributed by atoms with E-state index in [2.05, 4.69) is 0 Å². The highest BCUT2D eigenvalue weighted by molar-refractivity contribution is 6.29. The van der Waals surface area contributed by atoms with E-state index in [0.717, 1.165) is 22.3 Å². The van der Waals surface area contributed by atoms with Crippen molar-refractivity contribution in [3.8, 4) is 0 Å². The molecule has 23 heavy (non-hydrogen) atoms. The van der Waals surface area contributed by atoms with E-state index in [0.29, 0.717) is 11.1 Å². The van der Waals surface area contributed by atoms with E-state index in [1.807, 2.05) is 61.5 Å². The lowest BCUT2D eigenvalue weighted by molar-refractivity contribution is -0.122. The lowest BCUT2D eigenvalue weighted by Gasteiger charge is -2.30. The number of Topliss-reactive ketones (excluding diaryl/α,β-unsaturated/α-hetero) is 1. The molecule has 0 spiro atoms. The van der Waals surface area contributed by atoms with Crippen LogP contribution in [0.5, 0.6) is 0 Å². The Balaban J connectivity index is 2.15. The van der Waals surface area contributed by atoms with Gasteiger partial charge in [0.1, 0.15) is 0 Å². The van der Waals surface area contributed by atoms with Crippen LogP contribution in [-0.4, -0.2) is 11.6 Å². The predicted molar refractivity (Wildman–Crippen MR) is 90.0 cm³/mol. The molecule has 0 bridgehead atoms. The second kappa shape index (κ2) is 4.63. The Labute approximate surface area is 135 Å². The third kappa shape index (κ3) is 1.69. The highest BCUT2D eigenvalue weighted by Gasteiger charge is 2.51. The predicted octanol–water partition coefficient (Wildman–Crippen LogP) is 3.86. The van der Waals surface area contributed by atoms with Crippen LogP contribution < -0.4 is 0 Å². The molecular weight excluding hydrogens is 284 g/mol. The Bertz CT molecular complexity index is 916. The minimum Gasteiger partial charge on any atom is -0.293 e. The number of benzene rings is 2.